The SMILES string of the molecule is COC(=O)c1cc(Cc2ccccc2)sc1NC(=S)NCCn1cc(Br)cn1. The first-order valence-electron chi connectivity index (χ1n) is 8.53. The summed E-state index contributed by atoms with van der Waals surface area (Å²) in [5, 5.41) is 11.6. The fourth-order valence-corrected chi connectivity index (χ4v) is 4.25. The summed E-state index contributed by atoms with van der Waals surface area (Å²) in [6.07, 6.45) is 4.37. The van der Waals surface area contributed by atoms with Crippen LogP contribution in [0.1, 0.15) is 20.8 Å². The van der Waals surface area contributed by atoms with Crippen LogP contribution in [0.2, 0.25) is 0 Å². The van der Waals surface area contributed by atoms with Crippen molar-refractivity contribution in [3.05, 3.63) is 69.3 Å². The molecule has 0 bridgehead atoms. The zero-order chi connectivity index (χ0) is 19.9. The van der Waals surface area contributed by atoms with Gasteiger partial charge in [-0.25, -0.2) is 4.79 Å². The lowest BCUT2D eigenvalue weighted by Crippen LogP contribution is -2.31. The second kappa shape index (κ2) is 9.81. The Kier molecular flexibility index (Phi) is 7.18. The minimum Gasteiger partial charge on any atom is -0.465 e. The van der Waals surface area contributed by atoms with Crippen LogP contribution in [0.4, 0.5) is 5.00 Å². The van der Waals surface area contributed by atoms with Crippen molar-refractivity contribution >= 4 is 55.6 Å². The number of ether oxygens (including phenoxy) is 1. The fraction of sp³-hybridized carbons (Fsp3) is 0.211. The van der Waals surface area contributed by atoms with Gasteiger partial charge in [0.25, 0.3) is 0 Å². The van der Waals surface area contributed by atoms with E-state index in [4.69, 9.17) is 17.0 Å². The molecule has 9 heteroatoms. The summed E-state index contributed by atoms with van der Waals surface area (Å²) >= 11 is 10.2. The molecule has 0 aliphatic carbocycles. The van der Waals surface area contributed by atoms with Crippen LogP contribution in [0.15, 0.2) is 53.3 Å². The van der Waals surface area contributed by atoms with Gasteiger partial charge < -0.3 is 15.4 Å². The summed E-state index contributed by atoms with van der Waals surface area (Å²) in [4.78, 5) is 13.2. The zero-order valence-electron chi connectivity index (χ0n) is 15.1. The quantitative estimate of drug-likeness (QED) is 0.394. The Bertz CT molecular complexity index is 956. The van der Waals surface area contributed by atoms with Crippen LogP contribution in [-0.2, 0) is 17.7 Å². The van der Waals surface area contributed by atoms with Gasteiger partial charge in [-0.15, -0.1) is 11.3 Å². The number of hydrogen-bond donors (Lipinski definition) is 2. The van der Waals surface area contributed by atoms with Gasteiger partial charge in [-0.05, 0) is 39.8 Å². The van der Waals surface area contributed by atoms with Crippen LogP contribution in [0.3, 0.4) is 0 Å². The summed E-state index contributed by atoms with van der Waals surface area (Å²) in [7, 11) is 1.37. The predicted molar refractivity (Wildman–Crippen MR) is 119 cm³/mol. The molecule has 0 unspecified atom stereocenters. The lowest BCUT2D eigenvalue weighted by Gasteiger charge is -2.10. The number of thiocarbonyl (C=S) groups is 1. The number of carbonyl (C=O) groups is 1. The van der Waals surface area contributed by atoms with Gasteiger partial charge in [0.2, 0.25) is 0 Å². The predicted octanol–water partition coefficient (Wildman–Crippen LogP) is 4.07. The number of aromatic nitrogens is 2. The van der Waals surface area contributed by atoms with Gasteiger partial charge in [0.05, 0.1) is 29.9 Å². The van der Waals surface area contributed by atoms with E-state index in [1.54, 1.807) is 6.20 Å². The molecule has 6 nitrogen and oxygen atoms in total. The molecule has 0 aliphatic rings. The van der Waals surface area contributed by atoms with E-state index in [0.29, 0.717) is 28.8 Å². The van der Waals surface area contributed by atoms with Gasteiger partial charge in [0.15, 0.2) is 5.11 Å². The number of rotatable bonds is 7. The average Bonchev–Trinajstić information content (AvgIpc) is 3.28. The number of esters is 1. The smallest absolute Gasteiger partial charge is 0.340 e. The summed E-state index contributed by atoms with van der Waals surface area (Å²) < 4.78 is 7.65. The standard InChI is InChI=1S/C19H19BrN4O2S2/c1-26-18(25)16-10-15(9-13-5-3-2-4-6-13)28-17(16)23-19(27)21-7-8-24-12-14(20)11-22-24/h2-6,10-12H,7-9H2,1H3,(H2,21,23,27). The van der Waals surface area contributed by atoms with Crippen molar-refractivity contribution in [3.63, 3.8) is 0 Å². The molecule has 3 aromatic rings. The molecule has 0 saturated heterocycles. The minimum absolute atomic E-state index is 0.387. The minimum atomic E-state index is -0.387. The summed E-state index contributed by atoms with van der Waals surface area (Å²) in [6, 6.07) is 12.0. The Morgan fingerprint density at radius 1 is 1.36 bits per heavy atom. The monoisotopic (exact) mass is 478 g/mol. The zero-order valence-corrected chi connectivity index (χ0v) is 18.4. The number of nitrogens with zero attached hydrogens (tertiary/aromatic N) is 2. The maximum atomic E-state index is 12.1. The van der Waals surface area contributed by atoms with Gasteiger partial charge >= 0.3 is 5.97 Å². The van der Waals surface area contributed by atoms with Crippen LogP contribution in [0, 0.1) is 0 Å². The maximum absolute atomic E-state index is 12.1. The highest BCUT2D eigenvalue weighted by molar-refractivity contribution is 9.10. The molecular formula is C19H19BrN4O2S2. The molecule has 2 N–H and O–H groups in total. The highest BCUT2D eigenvalue weighted by Gasteiger charge is 2.18. The van der Waals surface area contributed by atoms with Crippen LogP contribution in [0.25, 0.3) is 0 Å². The molecule has 0 aliphatic heterocycles. The molecule has 0 spiro atoms. The number of halogens is 1. The highest BCUT2D eigenvalue weighted by Crippen LogP contribution is 2.30. The number of methoxy groups -OCH3 is 1. The molecule has 3 rings (SSSR count). The first-order valence-corrected chi connectivity index (χ1v) is 10.5. The Labute approximate surface area is 181 Å². The fourth-order valence-electron chi connectivity index (χ4n) is 2.57. The number of benzene rings is 1. The summed E-state index contributed by atoms with van der Waals surface area (Å²) in [5.74, 6) is -0.387. The molecule has 2 heterocycles. The van der Waals surface area contributed by atoms with Gasteiger partial charge in [0, 0.05) is 24.0 Å². The Balaban J connectivity index is 1.63. The second-order valence-electron chi connectivity index (χ2n) is 5.91. The number of carbonyl (C=O) groups excluding carboxylic acids is 1. The number of nitrogens with one attached hydrogen (secondary N) is 2. The van der Waals surface area contributed by atoms with E-state index < -0.39 is 0 Å². The van der Waals surface area contributed by atoms with Crippen molar-refractivity contribution in [2.45, 2.75) is 13.0 Å². The topological polar surface area (TPSA) is 68.2 Å². The highest BCUT2D eigenvalue weighted by atomic mass is 79.9. The third kappa shape index (κ3) is 5.63. The normalized spacial score (nSPS) is 10.5. The number of thiophene rings is 1. The summed E-state index contributed by atoms with van der Waals surface area (Å²) in [5.41, 5.74) is 1.66. The first-order chi connectivity index (χ1) is 13.5. The summed E-state index contributed by atoms with van der Waals surface area (Å²) in [6.45, 7) is 1.27. The lowest BCUT2D eigenvalue weighted by atomic mass is 10.1. The Morgan fingerprint density at radius 3 is 2.82 bits per heavy atom. The number of anilines is 1. The molecule has 28 heavy (non-hydrogen) atoms. The van der Waals surface area contributed by atoms with Gasteiger partial charge in [-0.3, -0.25) is 4.68 Å². The molecule has 2 aromatic heterocycles. The van der Waals surface area contributed by atoms with Crippen LogP contribution >= 0.6 is 39.5 Å². The molecule has 1 aromatic carbocycles. The maximum Gasteiger partial charge on any atom is 0.340 e. The van der Waals surface area contributed by atoms with Crippen molar-refractivity contribution in [2.24, 2.45) is 0 Å². The van der Waals surface area contributed by atoms with Crippen molar-refractivity contribution in [1.29, 1.82) is 0 Å². The van der Waals surface area contributed by atoms with Gasteiger partial charge in [-0.2, -0.15) is 5.10 Å². The van der Waals surface area contributed by atoms with Gasteiger partial charge in [-0.1, -0.05) is 30.3 Å². The van der Waals surface area contributed by atoms with E-state index in [2.05, 4.69) is 43.8 Å². The van der Waals surface area contributed by atoms with Crippen molar-refractivity contribution in [1.82, 2.24) is 15.1 Å². The molecular weight excluding hydrogens is 460 g/mol. The number of hydrogen-bond acceptors (Lipinski definition) is 5. The van der Waals surface area contributed by atoms with E-state index in [-0.39, 0.29) is 5.97 Å². The average molecular weight is 479 g/mol. The third-order valence-corrected chi connectivity index (χ3v) is 5.57. The molecule has 0 saturated carbocycles. The van der Waals surface area contributed by atoms with E-state index in [9.17, 15) is 4.79 Å². The molecule has 146 valence electrons. The lowest BCUT2D eigenvalue weighted by molar-refractivity contribution is 0.0602. The van der Waals surface area contributed by atoms with E-state index in [1.807, 2.05) is 35.1 Å². The largest absolute Gasteiger partial charge is 0.465 e. The van der Waals surface area contributed by atoms with Crippen molar-refractivity contribution in [2.75, 3.05) is 19.0 Å². The molecule has 0 amide bonds. The molecule has 0 radical (unpaired) electrons. The van der Waals surface area contributed by atoms with Gasteiger partial charge in [0.1, 0.15) is 5.00 Å². The van der Waals surface area contributed by atoms with Crippen LogP contribution < -0.4 is 10.6 Å². The first kappa shape index (κ1) is 20.5. The van der Waals surface area contributed by atoms with E-state index in [1.165, 1.54) is 24.0 Å². The van der Waals surface area contributed by atoms with E-state index >= 15 is 0 Å². The molecule has 0 atom stereocenters. The van der Waals surface area contributed by atoms with Crippen LogP contribution in [0.5, 0.6) is 0 Å². The van der Waals surface area contributed by atoms with Crippen molar-refractivity contribution < 1.29 is 9.53 Å². The van der Waals surface area contributed by atoms with Crippen LogP contribution in [-0.4, -0.2) is 34.5 Å². The third-order valence-electron chi connectivity index (χ3n) is 3.86. The Hall–Kier alpha value is -2.23. The molecule has 0 fully saturated rings. The van der Waals surface area contributed by atoms with E-state index in [0.717, 1.165) is 15.8 Å². The second-order valence-corrected chi connectivity index (χ2v) is 8.37. The van der Waals surface area contributed by atoms with Crippen molar-refractivity contribution in [3.8, 4) is 0 Å². The Morgan fingerprint density at radius 2 is 2.14 bits per heavy atom.